The lowest BCUT2D eigenvalue weighted by molar-refractivity contribution is -0.132. The van der Waals surface area contributed by atoms with Crippen molar-refractivity contribution in [1.82, 2.24) is 9.99 Å². The van der Waals surface area contributed by atoms with Crippen LogP contribution in [0.2, 0.25) is 5.02 Å². The normalized spacial score (nSPS) is 11.1. The molecule has 9 nitrogen and oxygen atoms in total. The Bertz CT molecular complexity index is 1540. The largest absolute Gasteiger partial charge is 0.490 e. The maximum absolute atomic E-state index is 12.5. The fraction of sp³-hybridized carbons (Fsp3) is 0.207. The highest BCUT2D eigenvalue weighted by Gasteiger charge is 2.19. The van der Waals surface area contributed by atoms with Gasteiger partial charge in [-0.2, -0.15) is 5.10 Å². The number of aryl methyl sites for hydroxylation is 2. The van der Waals surface area contributed by atoms with Gasteiger partial charge in [-0.05, 0) is 91.3 Å². The Kier molecular flexibility index (Phi) is 9.34. The molecule has 0 aliphatic heterocycles. The molecule has 0 unspecified atom stereocenters. The number of hydrogen-bond donors (Lipinski definition) is 1. The van der Waals surface area contributed by atoms with Gasteiger partial charge in [0, 0.05) is 34.0 Å². The first-order valence-electron chi connectivity index (χ1n) is 12.3. The van der Waals surface area contributed by atoms with E-state index in [9.17, 15) is 9.59 Å². The Morgan fingerprint density at radius 3 is 2.42 bits per heavy atom. The van der Waals surface area contributed by atoms with Crippen LogP contribution in [0.1, 0.15) is 47.1 Å². The van der Waals surface area contributed by atoms with Gasteiger partial charge in [0.2, 0.25) is 0 Å². The van der Waals surface area contributed by atoms with E-state index in [-0.39, 0.29) is 28.9 Å². The number of nitrogens with one attached hydrogen (secondary N) is 1. The van der Waals surface area contributed by atoms with E-state index in [0.717, 1.165) is 17.1 Å². The topological polar surface area (TPSA) is 104 Å². The molecule has 0 saturated heterocycles. The minimum atomic E-state index is -0.548. The number of hydrogen-bond acceptors (Lipinski definition) is 7. The van der Waals surface area contributed by atoms with Crippen molar-refractivity contribution < 1.29 is 28.2 Å². The fourth-order valence-electron chi connectivity index (χ4n) is 3.91. The number of benzene rings is 2. The van der Waals surface area contributed by atoms with Gasteiger partial charge >= 0.3 is 11.9 Å². The van der Waals surface area contributed by atoms with E-state index < -0.39 is 11.9 Å². The molecular weight excluding hydrogens is 602 g/mol. The predicted molar refractivity (Wildman–Crippen MR) is 155 cm³/mol. The Morgan fingerprint density at radius 2 is 1.77 bits per heavy atom. The van der Waals surface area contributed by atoms with Crippen molar-refractivity contribution in [3.63, 3.8) is 0 Å². The molecule has 4 rings (SSSR count). The summed E-state index contributed by atoms with van der Waals surface area (Å²) in [6, 6.07) is 16.7. The van der Waals surface area contributed by atoms with Crippen LogP contribution < -0.4 is 19.6 Å². The van der Waals surface area contributed by atoms with Crippen molar-refractivity contribution in [2.75, 3.05) is 6.61 Å². The summed E-state index contributed by atoms with van der Waals surface area (Å²) in [6.45, 7) is 7.64. The highest BCUT2D eigenvalue weighted by molar-refractivity contribution is 9.10. The van der Waals surface area contributed by atoms with E-state index in [4.69, 9.17) is 30.2 Å². The van der Waals surface area contributed by atoms with Crippen LogP contribution in [-0.4, -0.2) is 29.3 Å². The Morgan fingerprint density at radius 1 is 1.07 bits per heavy atom. The highest BCUT2D eigenvalue weighted by Crippen LogP contribution is 2.42. The molecule has 0 saturated carbocycles. The van der Waals surface area contributed by atoms with Crippen LogP contribution in [-0.2, 0) is 11.4 Å². The second-order valence-electron chi connectivity index (χ2n) is 8.65. The molecule has 0 fully saturated rings. The molecule has 1 amide bonds. The third-order valence-electron chi connectivity index (χ3n) is 5.70. The SMILES string of the molecule is CCOc1cc(/C=N/NC(=O)c2ccc(COc3ccc(-n4c(C)ccc4C)cc3)o2)c(Br)c(Cl)c1OC(C)=O. The number of rotatable bonds is 10. The number of esters is 1. The maximum atomic E-state index is 12.5. The summed E-state index contributed by atoms with van der Waals surface area (Å²) >= 11 is 9.72. The van der Waals surface area contributed by atoms with Crippen LogP contribution in [0.25, 0.3) is 5.69 Å². The Labute approximate surface area is 244 Å². The summed E-state index contributed by atoms with van der Waals surface area (Å²) in [5, 5.41) is 4.12. The molecule has 40 heavy (non-hydrogen) atoms. The summed E-state index contributed by atoms with van der Waals surface area (Å²) in [5.74, 6) is 0.494. The van der Waals surface area contributed by atoms with Crippen molar-refractivity contribution in [1.29, 1.82) is 0 Å². The zero-order chi connectivity index (χ0) is 28.8. The highest BCUT2D eigenvalue weighted by atomic mass is 79.9. The van der Waals surface area contributed by atoms with Crippen molar-refractivity contribution >= 4 is 45.6 Å². The molecule has 1 N–H and O–H groups in total. The summed E-state index contributed by atoms with van der Waals surface area (Å²) in [4.78, 5) is 24.0. The standard InChI is InChI=1S/C29H27BrClN3O6/c1-5-37-25-14-20(26(30)27(31)28(25)39-19(4)35)15-32-33-29(36)24-13-12-23(40-24)16-38-22-10-8-21(9-11-22)34-17(2)6-7-18(34)3/h6-15H,5,16H2,1-4H3,(H,33,36)/b32-15+. The van der Waals surface area contributed by atoms with Crippen LogP contribution in [0.4, 0.5) is 0 Å². The molecule has 11 heteroatoms. The Balaban J connectivity index is 1.36. The first kappa shape index (κ1) is 29.0. The summed E-state index contributed by atoms with van der Waals surface area (Å²) < 4.78 is 24.7. The third-order valence-corrected chi connectivity index (χ3v) is 7.15. The lowest BCUT2D eigenvalue weighted by Crippen LogP contribution is -2.17. The van der Waals surface area contributed by atoms with Gasteiger partial charge in [-0.15, -0.1) is 0 Å². The van der Waals surface area contributed by atoms with E-state index in [2.05, 4.69) is 57.0 Å². The zero-order valence-electron chi connectivity index (χ0n) is 22.3. The average molecular weight is 629 g/mol. The van der Waals surface area contributed by atoms with Gasteiger partial charge in [-0.3, -0.25) is 9.59 Å². The monoisotopic (exact) mass is 627 g/mol. The van der Waals surface area contributed by atoms with E-state index in [1.165, 1.54) is 19.2 Å². The third kappa shape index (κ3) is 6.75. The number of furan rings is 1. The minimum absolute atomic E-state index is 0.0713. The van der Waals surface area contributed by atoms with Gasteiger partial charge in [0.1, 0.15) is 23.1 Å². The quantitative estimate of drug-likeness (QED) is 0.0900. The Hall–Kier alpha value is -4.02. The van der Waals surface area contributed by atoms with Gasteiger partial charge in [0.05, 0.1) is 12.8 Å². The number of carbonyl (C=O) groups is 2. The fourth-order valence-corrected chi connectivity index (χ4v) is 4.55. The van der Waals surface area contributed by atoms with E-state index >= 15 is 0 Å². The van der Waals surface area contributed by atoms with Crippen molar-refractivity contribution in [2.45, 2.75) is 34.3 Å². The molecule has 208 valence electrons. The van der Waals surface area contributed by atoms with Gasteiger partial charge in [-0.25, -0.2) is 5.43 Å². The van der Waals surface area contributed by atoms with Gasteiger partial charge in [-0.1, -0.05) is 11.6 Å². The predicted octanol–water partition coefficient (Wildman–Crippen LogP) is 6.77. The number of carbonyl (C=O) groups excluding carboxylic acids is 2. The van der Waals surface area contributed by atoms with Gasteiger partial charge < -0.3 is 23.2 Å². The second-order valence-corrected chi connectivity index (χ2v) is 9.82. The number of ether oxygens (including phenoxy) is 3. The van der Waals surface area contributed by atoms with Crippen LogP contribution in [0.5, 0.6) is 17.2 Å². The van der Waals surface area contributed by atoms with Crippen LogP contribution in [0, 0.1) is 13.8 Å². The molecular formula is C29H27BrClN3O6. The molecule has 2 heterocycles. The molecule has 0 bridgehead atoms. The number of amides is 1. The van der Waals surface area contributed by atoms with Crippen LogP contribution in [0.15, 0.2) is 68.6 Å². The first-order valence-corrected chi connectivity index (χ1v) is 13.5. The molecule has 0 atom stereocenters. The number of hydrazone groups is 1. The van der Waals surface area contributed by atoms with Crippen LogP contribution >= 0.6 is 27.5 Å². The van der Waals surface area contributed by atoms with Gasteiger partial charge in [0.15, 0.2) is 17.3 Å². The summed E-state index contributed by atoms with van der Waals surface area (Å²) in [7, 11) is 0. The maximum Gasteiger partial charge on any atom is 0.308 e. The molecule has 0 radical (unpaired) electrons. The summed E-state index contributed by atoms with van der Waals surface area (Å²) in [5.41, 5.74) is 6.26. The van der Waals surface area contributed by atoms with E-state index in [0.29, 0.717) is 28.2 Å². The minimum Gasteiger partial charge on any atom is -0.490 e. The second kappa shape index (κ2) is 12.9. The number of halogens is 2. The lowest BCUT2D eigenvalue weighted by Gasteiger charge is -2.14. The average Bonchev–Trinajstić information content (AvgIpc) is 3.54. The first-order chi connectivity index (χ1) is 19.2. The number of nitrogens with zero attached hydrogens (tertiary/aromatic N) is 2. The summed E-state index contributed by atoms with van der Waals surface area (Å²) in [6.07, 6.45) is 1.38. The molecule has 2 aromatic heterocycles. The smallest absolute Gasteiger partial charge is 0.308 e. The molecule has 0 aliphatic rings. The van der Waals surface area contributed by atoms with Crippen molar-refractivity contribution in [3.8, 4) is 22.9 Å². The van der Waals surface area contributed by atoms with Gasteiger partial charge in [0.25, 0.3) is 0 Å². The van der Waals surface area contributed by atoms with Crippen molar-refractivity contribution in [2.24, 2.45) is 5.10 Å². The zero-order valence-corrected chi connectivity index (χ0v) is 24.6. The molecule has 2 aromatic carbocycles. The van der Waals surface area contributed by atoms with Crippen molar-refractivity contribution in [3.05, 3.63) is 92.6 Å². The van der Waals surface area contributed by atoms with E-state index in [1.54, 1.807) is 19.1 Å². The lowest BCUT2D eigenvalue weighted by atomic mass is 10.2. The van der Waals surface area contributed by atoms with E-state index in [1.807, 2.05) is 24.3 Å². The molecule has 0 spiro atoms. The number of aromatic nitrogens is 1. The molecule has 0 aliphatic carbocycles. The van der Waals surface area contributed by atoms with Crippen LogP contribution in [0.3, 0.4) is 0 Å². The molecule has 4 aromatic rings.